The molecular weight excluding hydrogens is 288 g/mol. The number of hydrogen-bond donors (Lipinski definition) is 0. The van der Waals surface area contributed by atoms with E-state index in [9.17, 15) is 4.79 Å². The summed E-state index contributed by atoms with van der Waals surface area (Å²) in [5.74, 6) is 0.0655. The van der Waals surface area contributed by atoms with E-state index < -0.39 is 0 Å². The minimum absolute atomic E-state index is 0.0655. The van der Waals surface area contributed by atoms with Gasteiger partial charge in [0.05, 0.1) is 4.91 Å². The molecule has 2 aliphatic rings. The van der Waals surface area contributed by atoms with E-state index in [-0.39, 0.29) is 5.91 Å². The summed E-state index contributed by atoms with van der Waals surface area (Å²) in [6, 6.07) is 4.12. The Morgan fingerprint density at radius 3 is 2.85 bits per heavy atom. The third-order valence-corrected chi connectivity index (χ3v) is 5.08. The van der Waals surface area contributed by atoms with Gasteiger partial charge in [0.2, 0.25) is 0 Å². The van der Waals surface area contributed by atoms with Crippen LogP contribution in [0.2, 0.25) is 0 Å². The molecule has 0 aromatic carbocycles. The first kappa shape index (κ1) is 13.8. The zero-order valence-electron chi connectivity index (χ0n) is 11.1. The number of amides is 1. The van der Waals surface area contributed by atoms with Crippen molar-refractivity contribution in [1.29, 1.82) is 0 Å². The maximum atomic E-state index is 12.5. The van der Waals surface area contributed by atoms with E-state index in [0.29, 0.717) is 15.3 Å². The summed E-state index contributed by atoms with van der Waals surface area (Å²) >= 11 is 6.81. The van der Waals surface area contributed by atoms with Gasteiger partial charge in [-0.25, -0.2) is 0 Å². The Kier molecular flexibility index (Phi) is 4.17. The molecule has 0 spiro atoms. The first-order valence-electron chi connectivity index (χ1n) is 6.93. The Balaban J connectivity index is 1.81. The largest absolute Gasteiger partial charge is 0.290 e. The Morgan fingerprint density at radius 2 is 2.15 bits per heavy atom. The first-order valence-corrected chi connectivity index (χ1v) is 8.15. The van der Waals surface area contributed by atoms with E-state index in [4.69, 9.17) is 12.2 Å². The molecule has 0 atom stereocenters. The maximum absolute atomic E-state index is 12.5. The monoisotopic (exact) mass is 304 g/mol. The van der Waals surface area contributed by atoms with Crippen LogP contribution in [0.15, 0.2) is 29.4 Å². The molecule has 0 radical (unpaired) electrons. The fraction of sp³-hybridized carbons (Fsp3) is 0.400. The molecule has 1 amide bonds. The van der Waals surface area contributed by atoms with Crippen LogP contribution in [0.1, 0.15) is 37.7 Å². The number of thioether (sulfide) groups is 1. The average molecular weight is 304 g/mol. The Hall–Kier alpha value is -1.20. The van der Waals surface area contributed by atoms with Gasteiger partial charge in [-0.05, 0) is 30.5 Å². The van der Waals surface area contributed by atoms with Crippen molar-refractivity contribution in [2.45, 2.75) is 38.1 Å². The van der Waals surface area contributed by atoms with Crippen molar-refractivity contribution >= 4 is 40.3 Å². The van der Waals surface area contributed by atoms with Crippen LogP contribution in [-0.4, -0.2) is 26.2 Å². The van der Waals surface area contributed by atoms with Gasteiger partial charge in [-0.3, -0.25) is 14.7 Å². The van der Waals surface area contributed by atoms with E-state index >= 15 is 0 Å². The summed E-state index contributed by atoms with van der Waals surface area (Å²) in [7, 11) is 0. The number of nitrogens with zero attached hydrogens (tertiary/aromatic N) is 2. The lowest BCUT2D eigenvalue weighted by Gasteiger charge is -2.29. The molecule has 0 unspecified atom stereocenters. The van der Waals surface area contributed by atoms with Crippen molar-refractivity contribution in [3.8, 4) is 0 Å². The lowest BCUT2D eigenvalue weighted by atomic mass is 9.94. The number of carbonyl (C=O) groups is 1. The molecule has 2 heterocycles. The maximum Gasteiger partial charge on any atom is 0.266 e. The molecule has 3 rings (SSSR count). The van der Waals surface area contributed by atoms with Gasteiger partial charge < -0.3 is 0 Å². The normalized spacial score (nSPS) is 22.8. The van der Waals surface area contributed by atoms with E-state index in [2.05, 4.69) is 4.98 Å². The summed E-state index contributed by atoms with van der Waals surface area (Å²) < 4.78 is 0.706. The highest BCUT2D eigenvalue weighted by molar-refractivity contribution is 8.26. The van der Waals surface area contributed by atoms with Crippen molar-refractivity contribution in [3.63, 3.8) is 0 Å². The van der Waals surface area contributed by atoms with Crippen molar-refractivity contribution in [3.05, 3.63) is 35.0 Å². The highest BCUT2D eigenvalue weighted by atomic mass is 32.2. The van der Waals surface area contributed by atoms with Crippen LogP contribution in [0.3, 0.4) is 0 Å². The minimum atomic E-state index is 0.0655. The van der Waals surface area contributed by atoms with E-state index in [0.717, 1.165) is 18.4 Å². The Bertz CT molecular complexity index is 550. The fourth-order valence-corrected chi connectivity index (χ4v) is 4.15. The van der Waals surface area contributed by atoms with Gasteiger partial charge in [-0.1, -0.05) is 49.3 Å². The van der Waals surface area contributed by atoms with Crippen LogP contribution < -0.4 is 0 Å². The second kappa shape index (κ2) is 6.06. The van der Waals surface area contributed by atoms with Crippen molar-refractivity contribution in [2.75, 3.05) is 0 Å². The second-order valence-corrected chi connectivity index (χ2v) is 6.81. The molecule has 0 bridgehead atoms. The number of rotatable bonds is 2. The quantitative estimate of drug-likeness (QED) is 0.617. The second-order valence-electron chi connectivity index (χ2n) is 5.13. The summed E-state index contributed by atoms with van der Waals surface area (Å²) in [6.45, 7) is 0. The molecule has 5 heteroatoms. The van der Waals surface area contributed by atoms with Gasteiger partial charge >= 0.3 is 0 Å². The van der Waals surface area contributed by atoms with Gasteiger partial charge in [-0.2, -0.15) is 0 Å². The van der Waals surface area contributed by atoms with Crippen molar-refractivity contribution in [1.82, 2.24) is 9.88 Å². The zero-order valence-corrected chi connectivity index (χ0v) is 12.8. The molecular formula is C15H16N2OS2. The molecule has 0 N–H and O–H groups in total. The predicted octanol–water partition coefficient (Wildman–Crippen LogP) is 3.62. The van der Waals surface area contributed by atoms with Crippen LogP contribution >= 0.6 is 24.0 Å². The SMILES string of the molecule is O=C1C(=Cc2cccnc2)SC(=S)N1C1CCCCC1. The molecule has 3 nitrogen and oxygen atoms in total. The molecule has 1 saturated carbocycles. The van der Waals surface area contributed by atoms with E-state index in [1.807, 2.05) is 23.1 Å². The van der Waals surface area contributed by atoms with Crippen molar-refractivity contribution < 1.29 is 4.79 Å². The smallest absolute Gasteiger partial charge is 0.266 e. The van der Waals surface area contributed by atoms with Crippen LogP contribution in [-0.2, 0) is 4.79 Å². The highest BCUT2D eigenvalue weighted by Gasteiger charge is 2.37. The summed E-state index contributed by atoms with van der Waals surface area (Å²) in [5.41, 5.74) is 0.941. The molecule has 2 fully saturated rings. The topological polar surface area (TPSA) is 33.2 Å². The molecule has 1 aliphatic heterocycles. The number of aromatic nitrogens is 1. The zero-order chi connectivity index (χ0) is 13.9. The average Bonchev–Trinajstić information content (AvgIpc) is 2.75. The number of hydrogen-bond acceptors (Lipinski definition) is 4. The highest BCUT2D eigenvalue weighted by Crippen LogP contribution is 2.37. The van der Waals surface area contributed by atoms with E-state index in [1.165, 1.54) is 31.0 Å². The minimum Gasteiger partial charge on any atom is -0.290 e. The third-order valence-electron chi connectivity index (χ3n) is 3.75. The van der Waals surface area contributed by atoms with Gasteiger partial charge in [0.1, 0.15) is 4.32 Å². The Morgan fingerprint density at radius 1 is 1.35 bits per heavy atom. The van der Waals surface area contributed by atoms with Gasteiger partial charge in [-0.15, -0.1) is 0 Å². The lowest BCUT2D eigenvalue weighted by molar-refractivity contribution is -0.124. The van der Waals surface area contributed by atoms with Crippen molar-refractivity contribution in [2.24, 2.45) is 0 Å². The molecule has 1 aromatic rings. The van der Waals surface area contributed by atoms with Crippen LogP contribution in [0.4, 0.5) is 0 Å². The summed E-state index contributed by atoms with van der Waals surface area (Å²) in [5, 5.41) is 0. The first-order chi connectivity index (χ1) is 9.75. The predicted molar refractivity (Wildman–Crippen MR) is 86.1 cm³/mol. The molecule has 1 aliphatic carbocycles. The molecule has 20 heavy (non-hydrogen) atoms. The Labute approximate surface area is 128 Å². The number of carbonyl (C=O) groups excluding carboxylic acids is 1. The van der Waals surface area contributed by atoms with Gasteiger partial charge in [0, 0.05) is 18.4 Å². The van der Waals surface area contributed by atoms with Gasteiger partial charge in [0.25, 0.3) is 5.91 Å². The van der Waals surface area contributed by atoms with Crippen LogP contribution in [0.5, 0.6) is 0 Å². The fourth-order valence-electron chi connectivity index (χ4n) is 2.75. The summed E-state index contributed by atoms with van der Waals surface area (Å²) in [4.78, 5) is 19.2. The van der Waals surface area contributed by atoms with Crippen LogP contribution in [0, 0.1) is 0 Å². The standard InChI is InChI=1S/C15H16N2OS2/c18-14-13(9-11-5-4-8-16-10-11)20-15(19)17(14)12-6-2-1-3-7-12/h4-5,8-10,12H,1-3,6-7H2. The molecule has 104 valence electrons. The number of thiocarbonyl (C=S) groups is 1. The molecule has 1 saturated heterocycles. The van der Waals surface area contributed by atoms with E-state index in [1.54, 1.807) is 12.4 Å². The lowest BCUT2D eigenvalue weighted by Crippen LogP contribution is -2.39. The number of pyridine rings is 1. The summed E-state index contributed by atoms with van der Waals surface area (Å²) in [6.07, 6.45) is 11.2. The molecule has 1 aromatic heterocycles. The van der Waals surface area contributed by atoms with Crippen LogP contribution in [0.25, 0.3) is 6.08 Å². The van der Waals surface area contributed by atoms with Gasteiger partial charge in [0.15, 0.2) is 0 Å². The third kappa shape index (κ3) is 2.79.